The van der Waals surface area contributed by atoms with Gasteiger partial charge in [0, 0.05) is 12.3 Å². The molecule has 0 rings (SSSR count). The lowest BCUT2D eigenvalue weighted by Crippen LogP contribution is -2.12. The number of rotatable bonds is 15. The predicted octanol–water partition coefficient (Wildman–Crippen LogP) is 7.48. The zero-order valence-electron chi connectivity index (χ0n) is 16.1. The third kappa shape index (κ3) is 9.37. The average molecular weight is 365 g/mol. The zero-order chi connectivity index (χ0) is 17.7. The van der Waals surface area contributed by atoms with Gasteiger partial charge in [-0.05, 0) is 36.2 Å². The lowest BCUT2D eigenvalue weighted by atomic mass is 10.0. The van der Waals surface area contributed by atoms with Crippen LogP contribution in [0.4, 0.5) is 0 Å². The van der Waals surface area contributed by atoms with Gasteiger partial charge in [0.25, 0.3) is 0 Å². The first-order valence-corrected chi connectivity index (χ1v) is 13.6. The second kappa shape index (κ2) is 13.6. The lowest BCUT2D eigenvalue weighted by molar-refractivity contribution is 0.357. The van der Waals surface area contributed by atoms with Gasteiger partial charge in [0.1, 0.15) is 6.61 Å². The van der Waals surface area contributed by atoms with Crippen LogP contribution in [0.15, 0.2) is 0 Å². The highest BCUT2D eigenvalue weighted by atomic mass is 32.1. The Kier molecular flexibility index (Phi) is 13.7. The summed E-state index contributed by atoms with van der Waals surface area (Å²) in [5.41, 5.74) is 0. The van der Waals surface area contributed by atoms with Crippen molar-refractivity contribution in [2.45, 2.75) is 86.0 Å². The van der Waals surface area contributed by atoms with Gasteiger partial charge < -0.3 is 0 Å². The van der Waals surface area contributed by atoms with Gasteiger partial charge in [-0.1, -0.05) is 66.2 Å². The molecule has 3 atom stereocenters. The molecule has 0 aromatic carbocycles. The molecule has 0 saturated carbocycles. The Morgan fingerprint density at radius 1 is 0.870 bits per heavy atom. The van der Waals surface area contributed by atoms with E-state index in [4.69, 9.17) is 4.52 Å². The molecular weight excluding hydrogens is 326 g/mol. The largest absolute Gasteiger partial charge is 0.559 e. The van der Waals surface area contributed by atoms with Crippen LogP contribution >= 0.6 is 14.5 Å². The zero-order valence-corrected chi connectivity index (χ0v) is 17.8. The van der Waals surface area contributed by atoms with Gasteiger partial charge in [-0.2, -0.15) is 0 Å². The molecule has 3 nitrogen and oxygen atoms in total. The lowest BCUT2D eigenvalue weighted by Gasteiger charge is -2.20. The van der Waals surface area contributed by atoms with Crippen LogP contribution in [0.25, 0.3) is 0 Å². The molecule has 0 N–H and O–H groups in total. The molecule has 0 spiro atoms. The smallest absolute Gasteiger partial charge is 0.265 e. The highest BCUT2D eigenvalue weighted by molar-refractivity contribution is 8.25. The summed E-state index contributed by atoms with van der Waals surface area (Å²) in [5.74, 6) is 0.841. The van der Waals surface area contributed by atoms with Crippen LogP contribution in [0.1, 0.15) is 86.0 Å². The van der Waals surface area contributed by atoms with Crippen molar-refractivity contribution in [1.82, 2.24) is 0 Å². The van der Waals surface area contributed by atoms with E-state index in [1.807, 2.05) is 6.92 Å². The second-order valence-corrected chi connectivity index (χ2v) is 13.0. The van der Waals surface area contributed by atoms with E-state index in [2.05, 4.69) is 27.7 Å². The van der Waals surface area contributed by atoms with Crippen molar-refractivity contribution >= 4 is 14.5 Å². The monoisotopic (exact) mass is 365 g/mol. The molecule has 138 valence electrons. The van der Waals surface area contributed by atoms with Crippen molar-refractivity contribution in [3.63, 3.8) is 0 Å². The van der Waals surface area contributed by atoms with Crippen LogP contribution < -0.4 is 0 Å². The van der Waals surface area contributed by atoms with E-state index in [0.717, 1.165) is 51.4 Å². The molecule has 0 fully saturated rings. The fourth-order valence-electron chi connectivity index (χ4n) is 3.07. The molecule has 0 aromatic rings. The second-order valence-electron chi connectivity index (χ2n) is 6.70. The molecule has 0 aliphatic rings. The average Bonchev–Trinajstić information content (AvgIpc) is 2.55. The predicted molar refractivity (Wildman–Crippen MR) is 103 cm³/mol. The van der Waals surface area contributed by atoms with Gasteiger partial charge >= 0.3 is 14.5 Å². The normalized spacial score (nSPS) is 17.5. The third-order valence-corrected chi connectivity index (χ3v) is 11.1. The Bertz CT molecular complexity index is 336. The quantitative estimate of drug-likeness (QED) is 0.283. The minimum Gasteiger partial charge on any atom is -0.265 e. The summed E-state index contributed by atoms with van der Waals surface area (Å²) in [6, 6.07) is 0. The maximum atomic E-state index is 13.6. The minimum atomic E-state index is -2.77. The maximum absolute atomic E-state index is 13.6. The molecule has 0 aliphatic heterocycles. The van der Waals surface area contributed by atoms with Gasteiger partial charge in [-0.25, -0.2) is 0 Å². The van der Waals surface area contributed by atoms with E-state index in [1.165, 1.54) is 0 Å². The van der Waals surface area contributed by atoms with Crippen molar-refractivity contribution in [2.24, 2.45) is 11.8 Å². The number of hydrogen-bond donors (Lipinski definition) is 0. The summed E-state index contributed by atoms with van der Waals surface area (Å²) in [6.45, 7) is 8.14. The number of unbranched alkanes of at least 4 members (excludes halogenated alkanes) is 2. The molecule has 0 bridgehead atoms. The van der Waals surface area contributed by atoms with Crippen molar-refractivity contribution in [2.75, 3.05) is 18.9 Å². The van der Waals surface area contributed by atoms with Crippen molar-refractivity contribution in [1.29, 1.82) is 0 Å². The molecule has 0 saturated heterocycles. The van der Waals surface area contributed by atoms with Crippen LogP contribution in [0.2, 0.25) is 0 Å². The summed E-state index contributed by atoms with van der Waals surface area (Å²) in [7, 11) is -2.03. The Balaban J connectivity index is 5.06. The van der Waals surface area contributed by atoms with Crippen LogP contribution in [0, 0.1) is 11.8 Å². The Hall–Kier alpha value is 0.290. The Morgan fingerprint density at radius 3 is 1.61 bits per heavy atom. The Labute approximate surface area is 145 Å². The third-order valence-electron chi connectivity index (χ3n) is 4.71. The topological polar surface area (TPSA) is 43.4 Å². The van der Waals surface area contributed by atoms with E-state index in [-0.39, 0.29) is 0 Å². The van der Waals surface area contributed by atoms with Gasteiger partial charge in [0.15, 0.2) is 0 Å². The molecular formula is C18H39O3P2+. The first-order valence-electron chi connectivity index (χ1n) is 9.65. The maximum Gasteiger partial charge on any atom is 0.559 e. The Morgan fingerprint density at radius 2 is 1.30 bits per heavy atom. The fraction of sp³-hybridized carbons (Fsp3) is 1.00. The minimum absolute atomic E-state index is 0.386. The highest BCUT2D eigenvalue weighted by Gasteiger charge is 2.48. The number of hydrogen-bond acceptors (Lipinski definition) is 3. The summed E-state index contributed by atoms with van der Waals surface area (Å²) >= 11 is 0. The molecule has 23 heavy (non-hydrogen) atoms. The van der Waals surface area contributed by atoms with Crippen molar-refractivity contribution in [3.05, 3.63) is 0 Å². The molecule has 0 aromatic heterocycles. The van der Waals surface area contributed by atoms with Crippen LogP contribution in [0.5, 0.6) is 0 Å². The molecule has 0 heterocycles. The summed E-state index contributed by atoms with van der Waals surface area (Å²) < 4.78 is 31.5. The SMILES string of the molecule is CCCCC(CC)CP(=O)(CC(CC)CCCC)[P+](=O)OCC. The van der Waals surface area contributed by atoms with Crippen LogP contribution in [0.3, 0.4) is 0 Å². The standard InChI is InChI=1S/C18H39O3P2/c1-6-11-13-17(8-3)15-23(20,22(19)21-10-5)16-18(9-4)14-12-7-2/h17-18H,6-16H2,1-5H3/q+1. The van der Waals surface area contributed by atoms with Gasteiger partial charge in [0.2, 0.25) is 0 Å². The van der Waals surface area contributed by atoms with Gasteiger partial charge in [-0.3, -0.25) is 4.57 Å². The summed E-state index contributed by atoms with van der Waals surface area (Å²) in [5, 5.41) is 0. The van der Waals surface area contributed by atoms with E-state index in [1.54, 1.807) is 0 Å². The van der Waals surface area contributed by atoms with E-state index < -0.39 is 14.5 Å². The molecule has 0 amide bonds. The van der Waals surface area contributed by atoms with Crippen LogP contribution in [-0.2, 0) is 13.7 Å². The first-order chi connectivity index (χ1) is 11.0. The van der Waals surface area contributed by atoms with Gasteiger partial charge in [-0.15, -0.1) is 4.52 Å². The molecule has 3 unspecified atom stereocenters. The summed E-state index contributed by atoms with van der Waals surface area (Å²) in [6.07, 6.45) is 10.1. The fourth-order valence-corrected chi connectivity index (χ4v) is 9.57. The van der Waals surface area contributed by atoms with E-state index in [9.17, 15) is 9.13 Å². The van der Waals surface area contributed by atoms with Crippen molar-refractivity contribution < 1.29 is 13.7 Å². The first kappa shape index (κ1) is 23.3. The van der Waals surface area contributed by atoms with Gasteiger partial charge in [0.05, 0.1) is 0 Å². The summed E-state index contributed by atoms with van der Waals surface area (Å²) in [4.78, 5) is 0. The molecule has 0 radical (unpaired) electrons. The molecule has 0 aliphatic carbocycles. The van der Waals surface area contributed by atoms with Crippen LogP contribution in [-0.4, -0.2) is 18.9 Å². The highest BCUT2D eigenvalue weighted by Crippen LogP contribution is 2.71. The van der Waals surface area contributed by atoms with E-state index in [0.29, 0.717) is 30.8 Å². The van der Waals surface area contributed by atoms with E-state index >= 15 is 0 Å². The molecule has 5 heteroatoms. The van der Waals surface area contributed by atoms with Crippen molar-refractivity contribution in [3.8, 4) is 0 Å².